The van der Waals surface area contributed by atoms with Gasteiger partial charge >= 0.3 is 5.97 Å². The van der Waals surface area contributed by atoms with E-state index >= 15 is 0 Å². The quantitative estimate of drug-likeness (QED) is 0.860. The van der Waals surface area contributed by atoms with Crippen LogP contribution >= 0.6 is 15.9 Å². The molecule has 3 nitrogen and oxygen atoms in total. The van der Waals surface area contributed by atoms with Gasteiger partial charge in [0.05, 0.1) is 11.6 Å². The molecule has 0 saturated heterocycles. The summed E-state index contributed by atoms with van der Waals surface area (Å²) in [4.78, 5) is 10.5. The summed E-state index contributed by atoms with van der Waals surface area (Å²) in [7, 11) is 1.58. The van der Waals surface area contributed by atoms with E-state index in [2.05, 4.69) is 15.9 Å². The zero-order valence-corrected chi connectivity index (χ0v) is 10.0. The molecule has 0 unspecified atom stereocenters. The molecule has 0 aliphatic carbocycles. The van der Waals surface area contributed by atoms with Crippen LogP contribution in [0, 0.1) is 0 Å². The Hall–Kier alpha value is -1.29. The predicted octanol–water partition coefficient (Wildman–Crippen LogP) is 2.95. The Morgan fingerprint density at radius 1 is 1.53 bits per heavy atom. The molecule has 1 aromatic rings. The normalized spacial score (nSPS) is 11.3. The predicted molar refractivity (Wildman–Crippen MR) is 62.0 cm³/mol. The molecule has 0 aromatic heterocycles. The maximum absolute atomic E-state index is 10.5. The molecule has 80 valence electrons. The lowest BCUT2D eigenvalue weighted by atomic mass is 10.1. The van der Waals surface area contributed by atoms with Crippen LogP contribution in [0.3, 0.4) is 0 Å². The van der Waals surface area contributed by atoms with Gasteiger partial charge in [0.25, 0.3) is 0 Å². The summed E-state index contributed by atoms with van der Waals surface area (Å²) >= 11 is 3.34. The van der Waals surface area contributed by atoms with Crippen molar-refractivity contribution in [3.63, 3.8) is 0 Å². The third kappa shape index (κ3) is 3.09. The summed E-state index contributed by atoms with van der Waals surface area (Å²) in [5, 5.41) is 8.60. The summed E-state index contributed by atoms with van der Waals surface area (Å²) < 4.78 is 5.88. The van der Waals surface area contributed by atoms with Gasteiger partial charge in [0.2, 0.25) is 0 Å². The molecule has 0 radical (unpaired) electrons. The van der Waals surface area contributed by atoms with E-state index in [1.807, 2.05) is 12.1 Å². The van der Waals surface area contributed by atoms with Crippen molar-refractivity contribution in [3.8, 4) is 5.75 Å². The van der Waals surface area contributed by atoms with Crippen LogP contribution in [0.25, 0.3) is 5.57 Å². The number of hydrogen-bond donors (Lipinski definition) is 1. The van der Waals surface area contributed by atoms with Gasteiger partial charge in [0.15, 0.2) is 0 Å². The Bertz CT molecular complexity index is 410. The molecule has 1 aromatic carbocycles. The number of allylic oxidation sites excluding steroid dienone is 1. The summed E-state index contributed by atoms with van der Waals surface area (Å²) in [5.74, 6) is -0.221. The van der Waals surface area contributed by atoms with E-state index in [1.165, 1.54) is 6.08 Å². The second-order valence-electron chi connectivity index (χ2n) is 3.01. The Balaban J connectivity index is 3.07. The second kappa shape index (κ2) is 4.98. The van der Waals surface area contributed by atoms with Gasteiger partial charge in [-0.05, 0) is 46.1 Å². The van der Waals surface area contributed by atoms with Gasteiger partial charge in [-0.3, -0.25) is 0 Å². The smallest absolute Gasteiger partial charge is 0.328 e. The molecular weight excluding hydrogens is 260 g/mol. The largest absolute Gasteiger partial charge is 0.496 e. The average molecular weight is 271 g/mol. The zero-order valence-electron chi connectivity index (χ0n) is 8.45. The highest BCUT2D eigenvalue weighted by molar-refractivity contribution is 9.10. The van der Waals surface area contributed by atoms with Crippen molar-refractivity contribution in [3.05, 3.63) is 34.3 Å². The van der Waals surface area contributed by atoms with Crippen LogP contribution in [0.2, 0.25) is 0 Å². The van der Waals surface area contributed by atoms with E-state index in [9.17, 15) is 4.79 Å². The maximum atomic E-state index is 10.5. The number of benzene rings is 1. The SMILES string of the molecule is COc1ccc(/C(C)=C/C(=O)O)cc1Br. The summed E-state index contributed by atoms with van der Waals surface area (Å²) in [6.45, 7) is 1.75. The first-order valence-corrected chi connectivity index (χ1v) is 5.09. The van der Waals surface area contributed by atoms with Crippen molar-refractivity contribution < 1.29 is 14.6 Å². The van der Waals surface area contributed by atoms with Crippen molar-refractivity contribution in [1.82, 2.24) is 0 Å². The minimum Gasteiger partial charge on any atom is -0.496 e. The van der Waals surface area contributed by atoms with Crippen molar-refractivity contribution in [2.45, 2.75) is 6.92 Å². The number of ether oxygens (including phenoxy) is 1. The first-order valence-electron chi connectivity index (χ1n) is 4.29. The molecule has 0 amide bonds. The lowest BCUT2D eigenvalue weighted by Gasteiger charge is -2.06. The highest BCUT2D eigenvalue weighted by Gasteiger charge is 2.03. The fourth-order valence-electron chi connectivity index (χ4n) is 1.18. The van der Waals surface area contributed by atoms with Crippen LogP contribution in [0.5, 0.6) is 5.75 Å². The van der Waals surface area contributed by atoms with Crippen molar-refractivity contribution >= 4 is 27.5 Å². The minimum absolute atomic E-state index is 0.700. The van der Waals surface area contributed by atoms with E-state index in [0.29, 0.717) is 5.57 Å². The standard InChI is InChI=1S/C11H11BrO3/c1-7(5-11(13)14)8-3-4-10(15-2)9(12)6-8/h3-6H,1-2H3,(H,13,14)/b7-5+. The Labute approximate surface area is 96.5 Å². The number of carboxylic acid groups (broad SMARTS) is 1. The fraction of sp³-hybridized carbons (Fsp3) is 0.182. The monoisotopic (exact) mass is 270 g/mol. The molecule has 0 spiro atoms. The Kier molecular flexibility index (Phi) is 3.91. The van der Waals surface area contributed by atoms with Gasteiger partial charge in [-0.2, -0.15) is 0 Å². The van der Waals surface area contributed by atoms with Gasteiger partial charge < -0.3 is 9.84 Å². The van der Waals surface area contributed by atoms with E-state index in [1.54, 1.807) is 20.1 Å². The van der Waals surface area contributed by atoms with Crippen LogP contribution in [-0.4, -0.2) is 18.2 Å². The average Bonchev–Trinajstić information content (AvgIpc) is 2.16. The highest BCUT2D eigenvalue weighted by atomic mass is 79.9. The first-order chi connectivity index (χ1) is 7.04. The van der Waals surface area contributed by atoms with E-state index in [0.717, 1.165) is 15.8 Å². The number of hydrogen-bond acceptors (Lipinski definition) is 2. The maximum Gasteiger partial charge on any atom is 0.328 e. The molecule has 0 atom stereocenters. The molecule has 0 fully saturated rings. The molecule has 0 aliphatic rings. The lowest BCUT2D eigenvalue weighted by Crippen LogP contribution is -1.91. The molecular formula is C11H11BrO3. The molecule has 15 heavy (non-hydrogen) atoms. The van der Waals surface area contributed by atoms with Crippen molar-refractivity contribution in [1.29, 1.82) is 0 Å². The highest BCUT2D eigenvalue weighted by Crippen LogP contribution is 2.28. The lowest BCUT2D eigenvalue weighted by molar-refractivity contribution is -0.131. The summed E-state index contributed by atoms with van der Waals surface area (Å²) in [6, 6.07) is 5.44. The van der Waals surface area contributed by atoms with Crippen LogP contribution < -0.4 is 4.74 Å². The van der Waals surface area contributed by atoms with Gasteiger partial charge in [-0.15, -0.1) is 0 Å². The first kappa shape index (κ1) is 11.8. The Morgan fingerprint density at radius 3 is 2.67 bits per heavy atom. The minimum atomic E-state index is -0.945. The van der Waals surface area contributed by atoms with Crippen molar-refractivity contribution in [2.24, 2.45) is 0 Å². The molecule has 0 saturated carbocycles. The van der Waals surface area contributed by atoms with E-state index in [4.69, 9.17) is 9.84 Å². The number of carbonyl (C=O) groups is 1. The molecule has 0 heterocycles. The van der Waals surface area contributed by atoms with Gasteiger partial charge in [0.1, 0.15) is 5.75 Å². The second-order valence-corrected chi connectivity index (χ2v) is 3.87. The van der Waals surface area contributed by atoms with E-state index < -0.39 is 5.97 Å². The van der Waals surface area contributed by atoms with Gasteiger partial charge in [-0.25, -0.2) is 4.79 Å². The number of aliphatic carboxylic acids is 1. The number of carboxylic acids is 1. The molecule has 1 N–H and O–H groups in total. The third-order valence-electron chi connectivity index (χ3n) is 1.95. The Morgan fingerprint density at radius 2 is 2.20 bits per heavy atom. The molecule has 0 bridgehead atoms. The zero-order chi connectivity index (χ0) is 11.4. The third-order valence-corrected chi connectivity index (χ3v) is 2.57. The fourth-order valence-corrected chi connectivity index (χ4v) is 1.72. The molecule has 4 heteroatoms. The van der Waals surface area contributed by atoms with Crippen LogP contribution in [0.4, 0.5) is 0 Å². The number of halogens is 1. The topological polar surface area (TPSA) is 46.5 Å². The van der Waals surface area contributed by atoms with Crippen LogP contribution in [0.1, 0.15) is 12.5 Å². The molecule has 0 aliphatic heterocycles. The van der Waals surface area contributed by atoms with Gasteiger partial charge in [-0.1, -0.05) is 6.07 Å². The summed E-state index contributed by atoms with van der Waals surface area (Å²) in [6.07, 6.45) is 1.17. The number of rotatable bonds is 3. The molecule has 1 rings (SSSR count). The van der Waals surface area contributed by atoms with Crippen LogP contribution in [0.15, 0.2) is 28.7 Å². The van der Waals surface area contributed by atoms with E-state index in [-0.39, 0.29) is 0 Å². The van der Waals surface area contributed by atoms with Crippen LogP contribution in [-0.2, 0) is 4.79 Å². The number of methoxy groups -OCH3 is 1. The van der Waals surface area contributed by atoms with Crippen molar-refractivity contribution in [2.75, 3.05) is 7.11 Å². The van der Waals surface area contributed by atoms with Gasteiger partial charge in [0, 0.05) is 6.08 Å². The summed E-state index contributed by atoms with van der Waals surface area (Å²) in [5.41, 5.74) is 1.55.